The molecule has 0 aliphatic carbocycles. The van der Waals surface area contributed by atoms with Crippen molar-refractivity contribution in [1.82, 2.24) is 14.0 Å². The maximum atomic E-state index is 5.63. The average molecular weight is 303 g/mol. The van der Waals surface area contributed by atoms with Crippen LogP contribution in [0.3, 0.4) is 0 Å². The van der Waals surface area contributed by atoms with Crippen LogP contribution in [0.25, 0.3) is 5.69 Å². The van der Waals surface area contributed by atoms with Gasteiger partial charge in [0.15, 0.2) is 4.77 Å². The van der Waals surface area contributed by atoms with Gasteiger partial charge in [0.2, 0.25) is 0 Å². The summed E-state index contributed by atoms with van der Waals surface area (Å²) < 4.78 is 10.4. The highest BCUT2D eigenvalue weighted by molar-refractivity contribution is 7.71. The first kappa shape index (κ1) is 14.5. The lowest BCUT2D eigenvalue weighted by Crippen LogP contribution is -2.37. The predicted octanol–water partition coefficient (Wildman–Crippen LogP) is 2.91. The summed E-state index contributed by atoms with van der Waals surface area (Å²) in [5.41, 5.74) is 3.65. The molecule has 0 atom stereocenters. The molecule has 5 heteroatoms. The molecule has 0 saturated carbocycles. The maximum Gasteiger partial charge on any atom is 0.185 e. The third-order valence-electron chi connectivity index (χ3n) is 3.79. The molecule has 2 heterocycles. The van der Waals surface area contributed by atoms with E-state index < -0.39 is 0 Å². The van der Waals surface area contributed by atoms with Gasteiger partial charge in [-0.1, -0.05) is 6.07 Å². The Morgan fingerprint density at radius 1 is 1.05 bits per heavy atom. The first-order chi connectivity index (χ1) is 10.1. The van der Waals surface area contributed by atoms with Crippen LogP contribution in [0.4, 0.5) is 0 Å². The van der Waals surface area contributed by atoms with Gasteiger partial charge in [0, 0.05) is 31.2 Å². The summed E-state index contributed by atoms with van der Waals surface area (Å²) in [5, 5.41) is 0. The van der Waals surface area contributed by atoms with E-state index in [2.05, 4.69) is 58.5 Å². The first-order valence-corrected chi connectivity index (χ1v) is 7.71. The minimum Gasteiger partial charge on any atom is -0.379 e. The fourth-order valence-electron chi connectivity index (χ4n) is 2.76. The van der Waals surface area contributed by atoms with E-state index in [4.69, 9.17) is 17.0 Å². The topological polar surface area (TPSA) is 22.3 Å². The number of aryl methyl sites for hydroxylation is 2. The quantitative estimate of drug-likeness (QED) is 0.814. The van der Waals surface area contributed by atoms with E-state index in [0.717, 1.165) is 43.4 Å². The van der Waals surface area contributed by atoms with Crippen LogP contribution in [0.5, 0.6) is 0 Å². The van der Waals surface area contributed by atoms with Gasteiger partial charge in [-0.3, -0.25) is 9.47 Å². The number of hydrogen-bond donors (Lipinski definition) is 0. The molecule has 4 nitrogen and oxygen atoms in total. The van der Waals surface area contributed by atoms with Crippen molar-refractivity contribution < 1.29 is 4.74 Å². The molecule has 112 valence electrons. The zero-order chi connectivity index (χ0) is 14.8. The summed E-state index contributed by atoms with van der Waals surface area (Å²) >= 11 is 5.63. The third-order valence-corrected chi connectivity index (χ3v) is 4.22. The highest BCUT2D eigenvalue weighted by atomic mass is 32.1. The summed E-state index contributed by atoms with van der Waals surface area (Å²) in [5.74, 6) is 0. The Morgan fingerprint density at radius 3 is 2.38 bits per heavy atom. The van der Waals surface area contributed by atoms with Gasteiger partial charge in [0.25, 0.3) is 0 Å². The molecule has 0 bridgehead atoms. The van der Waals surface area contributed by atoms with Gasteiger partial charge in [0.05, 0.1) is 19.9 Å². The smallest absolute Gasteiger partial charge is 0.185 e. The van der Waals surface area contributed by atoms with E-state index in [1.807, 2.05) is 0 Å². The van der Waals surface area contributed by atoms with Crippen LogP contribution in [0, 0.1) is 18.6 Å². The van der Waals surface area contributed by atoms with E-state index in [0.29, 0.717) is 0 Å². The van der Waals surface area contributed by atoms with Crippen LogP contribution < -0.4 is 0 Å². The van der Waals surface area contributed by atoms with E-state index in [-0.39, 0.29) is 0 Å². The van der Waals surface area contributed by atoms with Crippen molar-refractivity contribution in [1.29, 1.82) is 0 Å². The van der Waals surface area contributed by atoms with Gasteiger partial charge in [0.1, 0.15) is 0 Å². The van der Waals surface area contributed by atoms with E-state index in [1.54, 1.807) is 0 Å². The Labute approximate surface area is 130 Å². The SMILES string of the molecule is Cc1cc(C)cc(-n2ccn(CN3CCOCC3)c2=S)c1. The highest BCUT2D eigenvalue weighted by Gasteiger charge is 2.12. The number of morpholine rings is 1. The number of ether oxygens (including phenoxy) is 1. The number of rotatable bonds is 3. The van der Waals surface area contributed by atoms with Crippen molar-refractivity contribution in [3.8, 4) is 5.69 Å². The van der Waals surface area contributed by atoms with Crippen LogP contribution >= 0.6 is 12.2 Å². The second-order valence-corrected chi connectivity index (χ2v) is 6.00. The largest absolute Gasteiger partial charge is 0.379 e. The van der Waals surface area contributed by atoms with Crippen molar-refractivity contribution in [3.05, 3.63) is 46.5 Å². The van der Waals surface area contributed by atoms with Crippen LogP contribution in [0.2, 0.25) is 0 Å². The molecule has 1 aromatic carbocycles. The number of imidazole rings is 1. The fourth-order valence-corrected chi connectivity index (χ4v) is 3.05. The molecule has 0 unspecified atom stereocenters. The Balaban J connectivity index is 1.86. The monoisotopic (exact) mass is 303 g/mol. The standard InChI is InChI=1S/C16H21N3OS/c1-13-9-14(2)11-15(10-13)19-4-3-18(16(19)21)12-17-5-7-20-8-6-17/h3-4,9-11H,5-8,12H2,1-2H3. The second-order valence-electron chi connectivity index (χ2n) is 5.64. The Morgan fingerprint density at radius 2 is 1.71 bits per heavy atom. The van der Waals surface area contributed by atoms with Crippen molar-refractivity contribution in [2.75, 3.05) is 26.3 Å². The zero-order valence-electron chi connectivity index (χ0n) is 12.6. The van der Waals surface area contributed by atoms with Gasteiger partial charge < -0.3 is 9.30 Å². The number of aromatic nitrogens is 2. The Kier molecular flexibility index (Phi) is 4.24. The number of benzene rings is 1. The van der Waals surface area contributed by atoms with Crippen LogP contribution in [0.15, 0.2) is 30.6 Å². The molecule has 0 radical (unpaired) electrons. The van der Waals surface area contributed by atoms with Crippen LogP contribution in [-0.2, 0) is 11.4 Å². The van der Waals surface area contributed by atoms with Crippen LogP contribution in [0.1, 0.15) is 11.1 Å². The number of hydrogen-bond acceptors (Lipinski definition) is 3. The maximum absolute atomic E-state index is 5.63. The molecular weight excluding hydrogens is 282 g/mol. The molecule has 2 aromatic rings. The molecule has 0 amide bonds. The molecule has 21 heavy (non-hydrogen) atoms. The normalized spacial score (nSPS) is 16.3. The molecule has 1 fully saturated rings. The van der Waals surface area contributed by atoms with Gasteiger partial charge in [-0.15, -0.1) is 0 Å². The number of nitrogens with zero attached hydrogens (tertiary/aromatic N) is 3. The van der Waals surface area contributed by atoms with E-state index in [9.17, 15) is 0 Å². The van der Waals surface area contributed by atoms with Gasteiger partial charge >= 0.3 is 0 Å². The summed E-state index contributed by atoms with van der Waals surface area (Å²) in [7, 11) is 0. The molecule has 1 aromatic heterocycles. The molecule has 1 aliphatic heterocycles. The molecule has 1 saturated heterocycles. The Hall–Kier alpha value is -1.43. The van der Waals surface area contributed by atoms with Gasteiger partial charge in [-0.2, -0.15) is 0 Å². The lowest BCUT2D eigenvalue weighted by atomic mass is 10.1. The molecular formula is C16H21N3OS. The fraction of sp³-hybridized carbons (Fsp3) is 0.438. The summed E-state index contributed by atoms with van der Waals surface area (Å²) in [6.45, 7) is 8.62. The van der Waals surface area contributed by atoms with Crippen molar-refractivity contribution in [2.45, 2.75) is 20.5 Å². The molecule has 0 spiro atoms. The molecule has 1 aliphatic rings. The molecule has 3 rings (SSSR count). The van der Waals surface area contributed by atoms with Gasteiger partial charge in [-0.05, 0) is 49.3 Å². The zero-order valence-corrected chi connectivity index (χ0v) is 13.4. The van der Waals surface area contributed by atoms with Crippen molar-refractivity contribution >= 4 is 12.2 Å². The lowest BCUT2D eigenvalue weighted by Gasteiger charge is -2.26. The van der Waals surface area contributed by atoms with E-state index in [1.165, 1.54) is 11.1 Å². The predicted molar refractivity (Wildman–Crippen MR) is 86.5 cm³/mol. The second kappa shape index (κ2) is 6.13. The van der Waals surface area contributed by atoms with E-state index >= 15 is 0 Å². The van der Waals surface area contributed by atoms with Crippen molar-refractivity contribution in [3.63, 3.8) is 0 Å². The minimum atomic E-state index is 0.811. The lowest BCUT2D eigenvalue weighted by molar-refractivity contribution is 0.0232. The first-order valence-electron chi connectivity index (χ1n) is 7.30. The van der Waals surface area contributed by atoms with Crippen molar-refractivity contribution in [2.24, 2.45) is 0 Å². The summed E-state index contributed by atoms with van der Waals surface area (Å²) in [4.78, 5) is 2.37. The summed E-state index contributed by atoms with van der Waals surface area (Å²) in [6, 6.07) is 6.52. The van der Waals surface area contributed by atoms with Crippen LogP contribution in [-0.4, -0.2) is 40.3 Å². The Bertz CT molecular complexity index is 663. The highest BCUT2D eigenvalue weighted by Crippen LogP contribution is 2.15. The average Bonchev–Trinajstić information content (AvgIpc) is 2.80. The minimum absolute atomic E-state index is 0.811. The third kappa shape index (κ3) is 3.26. The molecule has 0 N–H and O–H groups in total. The van der Waals surface area contributed by atoms with Gasteiger partial charge in [-0.25, -0.2) is 0 Å². The summed E-state index contributed by atoms with van der Waals surface area (Å²) in [6.07, 6.45) is 4.12.